The number of hydrogen-bond donors (Lipinski definition) is 1. The van der Waals surface area contributed by atoms with Crippen molar-refractivity contribution in [3.8, 4) is 0 Å². The first kappa shape index (κ1) is 12.6. The Kier molecular flexibility index (Phi) is 3.60. The molecule has 1 aromatic heterocycles. The zero-order valence-electron chi connectivity index (χ0n) is 10.7. The third-order valence-corrected chi connectivity index (χ3v) is 2.98. The molecule has 0 spiro atoms. The minimum absolute atomic E-state index is 0.0325. The average Bonchev–Trinajstić information content (AvgIpc) is 2.38. The number of nitrogens with one attached hydrogen (secondary N) is 1. The SMILES string of the molecule is CC(C)(CNc1cccc(F)n1)c1ccccc1. The Morgan fingerprint density at radius 3 is 2.44 bits per heavy atom. The van der Waals surface area contributed by atoms with Gasteiger partial charge >= 0.3 is 0 Å². The van der Waals surface area contributed by atoms with Crippen LogP contribution in [-0.4, -0.2) is 11.5 Å². The third kappa shape index (κ3) is 3.06. The molecule has 0 aliphatic heterocycles. The van der Waals surface area contributed by atoms with Gasteiger partial charge in [-0.3, -0.25) is 0 Å². The average molecular weight is 244 g/mol. The molecular formula is C15H17FN2. The molecule has 2 aromatic rings. The third-order valence-electron chi connectivity index (χ3n) is 2.98. The van der Waals surface area contributed by atoms with E-state index in [4.69, 9.17) is 0 Å². The van der Waals surface area contributed by atoms with Crippen molar-refractivity contribution >= 4 is 5.82 Å². The van der Waals surface area contributed by atoms with Crippen molar-refractivity contribution in [2.24, 2.45) is 0 Å². The van der Waals surface area contributed by atoms with E-state index in [0.29, 0.717) is 12.4 Å². The predicted molar refractivity (Wildman–Crippen MR) is 72.2 cm³/mol. The Morgan fingerprint density at radius 2 is 1.78 bits per heavy atom. The van der Waals surface area contributed by atoms with Crippen LogP contribution in [0, 0.1) is 5.95 Å². The molecule has 94 valence electrons. The molecule has 0 radical (unpaired) electrons. The van der Waals surface area contributed by atoms with Crippen LogP contribution in [0.5, 0.6) is 0 Å². The topological polar surface area (TPSA) is 24.9 Å². The van der Waals surface area contributed by atoms with Gasteiger partial charge in [-0.1, -0.05) is 50.2 Å². The van der Waals surface area contributed by atoms with Crippen molar-refractivity contribution in [2.75, 3.05) is 11.9 Å². The molecule has 18 heavy (non-hydrogen) atoms. The van der Waals surface area contributed by atoms with E-state index in [1.54, 1.807) is 12.1 Å². The second-order valence-corrected chi connectivity index (χ2v) is 4.95. The second kappa shape index (κ2) is 5.17. The maximum atomic E-state index is 13.0. The monoisotopic (exact) mass is 244 g/mol. The summed E-state index contributed by atoms with van der Waals surface area (Å²) in [4.78, 5) is 3.79. The van der Waals surface area contributed by atoms with Crippen molar-refractivity contribution in [3.63, 3.8) is 0 Å². The highest BCUT2D eigenvalue weighted by molar-refractivity contribution is 5.36. The summed E-state index contributed by atoms with van der Waals surface area (Å²) in [6, 6.07) is 15.0. The van der Waals surface area contributed by atoms with Crippen LogP contribution in [0.3, 0.4) is 0 Å². The summed E-state index contributed by atoms with van der Waals surface area (Å²) in [5, 5.41) is 3.17. The Labute approximate surface area is 107 Å². The molecule has 0 aliphatic rings. The molecule has 0 amide bonds. The summed E-state index contributed by atoms with van der Waals surface area (Å²) >= 11 is 0. The zero-order chi connectivity index (χ0) is 13.0. The van der Waals surface area contributed by atoms with Gasteiger partial charge in [-0.15, -0.1) is 0 Å². The van der Waals surface area contributed by atoms with Crippen LogP contribution >= 0.6 is 0 Å². The Morgan fingerprint density at radius 1 is 1.06 bits per heavy atom. The van der Waals surface area contributed by atoms with Gasteiger partial charge in [0, 0.05) is 12.0 Å². The first-order chi connectivity index (χ1) is 8.58. The molecule has 0 bridgehead atoms. The van der Waals surface area contributed by atoms with Crippen LogP contribution in [-0.2, 0) is 5.41 Å². The number of nitrogens with zero attached hydrogens (tertiary/aromatic N) is 1. The molecule has 0 unspecified atom stereocenters. The number of rotatable bonds is 4. The Bertz CT molecular complexity index is 509. The standard InChI is InChI=1S/C15H17FN2/c1-15(2,12-7-4-3-5-8-12)11-17-14-10-6-9-13(16)18-14/h3-10H,11H2,1-2H3,(H,17,18). The second-order valence-electron chi connectivity index (χ2n) is 4.95. The van der Waals surface area contributed by atoms with Crippen molar-refractivity contribution in [1.29, 1.82) is 0 Å². The molecule has 0 fully saturated rings. The normalized spacial score (nSPS) is 11.3. The van der Waals surface area contributed by atoms with Crippen LogP contribution < -0.4 is 5.32 Å². The summed E-state index contributed by atoms with van der Waals surface area (Å²) in [5.41, 5.74) is 1.21. The van der Waals surface area contributed by atoms with Gasteiger partial charge in [-0.2, -0.15) is 4.39 Å². The molecule has 0 saturated carbocycles. The number of benzene rings is 1. The lowest BCUT2D eigenvalue weighted by atomic mass is 9.85. The van der Waals surface area contributed by atoms with Crippen LogP contribution in [0.25, 0.3) is 0 Å². The fourth-order valence-corrected chi connectivity index (χ4v) is 1.81. The molecule has 0 aliphatic carbocycles. The van der Waals surface area contributed by atoms with Gasteiger partial charge < -0.3 is 5.32 Å². The Balaban J connectivity index is 2.05. The van der Waals surface area contributed by atoms with Gasteiger partial charge in [-0.05, 0) is 17.7 Å². The highest BCUT2D eigenvalue weighted by Gasteiger charge is 2.19. The molecule has 0 atom stereocenters. The Hall–Kier alpha value is -1.90. The fraction of sp³-hybridized carbons (Fsp3) is 0.267. The fourth-order valence-electron chi connectivity index (χ4n) is 1.81. The van der Waals surface area contributed by atoms with E-state index in [0.717, 1.165) is 0 Å². The molecule has 0 saturated heterocycles. The molecule has 1 aromatic carbocycles. The van der Waals surface area contributed by atoms with E-state index in [1.165, 1.54) is 11.6 Å². The summed E-state index contributed by atoms with van der Waals surface area (Å²) in [5.74, 6) is 0.108. The zero-order valence-corrected chi connectivity index (χ0v) is 10.7. The lowest BCUT2D eigenvalue weighted by Crippen LogP contribution is -2.27. The van der Waals surface area contributed by atoms with E-state index in [9.17, 15) is 4.39 Å². The van der Waals surface area contributed by atoms with Crippen LogP contribution in [0.1, 0.15) is 19.4 Å². The van der Waals surface area contributed by atoms with Gasteiger partial charge in [0.2, 0.25) is 5.95 Å². The van der Waals surface area contributed by atoms with Crippen LogP contribution in [0.15, 0.2) is 48.5 Å². The van der Waals surface area contributed by atoms with Gasteiger partial charge in [-0.25, -0.2) is 4.98 Å². The minimum atomic E-state index is -0.461. The first-order valence-electron chi connectivity index (χ1n) is 6.00. The number of pyridine rings is 1. The summed E-state index contributed by atoms with van der Waals surface area (Å²) in [6.07, 6.45) is 0. The van der Waals surface area contributed by atoms with Gasteiger partial charge in [0.25, 0.3) is 0 Å². The number of aromatic nitrogens is 1. The molecule has 1 N–H and O–H groups in total. The number of hydrogen-bond acceptors (Lipinski definition) is 2. The predicted octanol–water partition coefficient (Wildman–Crippen LogP) is 3.61. The van der Waals surface area contributed by atoms with Gasteiger partial charge in [0.1, 0.15) is 5.82 Å². The largest absolute Gasteiger partial charge is 0.369 e. The lowest BCUT2D eigenvalue weighted by molar-refractivity contribution is 0.551. The smallest absolute Gasteiger partial charge is 0.214 e. The van der Waals surface area contributed by atoms with Crippen molar-refractivity contribution < 1.29 is 4.39 Å². The van der Waals surface area contributed by atoms with Crippen molar-refractivity contribution in [1.82, 2.24) is 4.98 Å². The molecule has 3 heteroatoms. The van der Waals surface area contributed by atoms with E-state index in [-0.39, 0.29) is 5.41 Å². The summed E-state index contributed by atoms with van der Waals surface area (Å²) in [6.45, 7) is 5.00. The van der Waals surface area contributed by atoms with Crippen molar-refractivity contribution in [2.45, 2.75) is 19.3 Å². The highest BCUT2D eigenvalue weighted by atomic mass is 19.1. The van der Waals surface area contributed by atoms with Crippen LogP contribution in [0.4, 0.5) is 10.2 Å². The molecule has 1 heterocycles. The molecular weight excluding hydrogens is 227 g/mol. The molecule has 2 rings (SSSR count). The highest BCUT2D eigenvalue weighted by Crippen LogP contribution is 2.23. The lowest BCUT2D eigenvalue weighted by Gasteiger charge is -2.25. The van der Waals surface area contributed by atoms with Crippen LogP contribution in [0.2, 0.25) is 0 Å². The van der Waals surface area contributed by atoms with E-state index >= 15 is 0 Å². The van der Waals surface area contributed by atoms with Crippen molar-refractivity contribution in [3.05, 3.63) is 60.0 Å². The maximum Gasteiger partial charge on any atom is 0.214 e. The van der Waals surface area contributed by atoms with E-state index in [1.807, 2.05) is 18.2 Å². The quantitative estimate of drug-likeness (QED) is 0.831. The van der Waals surface area contributed by atoms with E-state index in [2.05, 4.69) is 36.3 Å². The minimum Gasteiger partial charge on any atom is -0.369 e. The number of halogens is 1. The first-order valence-corrected chi connectivity index (χ1v) is 6.00. The number of anilines is 1. The van der Waals surface area contributed by atoms with Gasteiger partial charge in [0.05, 0.1) is 0 Å². The van der Waals surface area contributed by atoms with E-state index < -0.39 is 5.95 Å². The summed E-state index contributed by atoms with van der Waals surface area (Å²) in [7, 11) is 0. The van der Waals surface area contributed by atoms with Gasteiger partial charge in [0.15, 0.2) is 0 Å². The summed E-state index contributed by atoms with van der Waals surface area (Å²) < 4.78 is 13.0. The molecule has 2 nitrogen and oxygen atoms in total. The maximum absolute atomic E-state index is 13.0.